The number of aromatic carboxylic acids is 1. The maximum absolute atomic E-state index is 12.2. The van der Waals surface area contributed by atoms with E-state index in [0.717, 1.165) is 5.39 Å². The largest absolute Gasteiger partial charge is 0.478 e. The lowest BCUT2D eigenvalue weighted by Crippen LogP contribution is -2.02. The molecule has 0 bridgehead atoms. The quantitative estimate of drug-likeness (QED) is 0.573. The lowest BCUT2D eigenvalue weighted by molar-refractivity contribution is 0.0697. The van der Waals surface area contributed by atoms with Crippen LogP contribution in [0.4, 0.5) is 0 Å². The monoisotopic (exact) mass is 334 g/mol. The summed E-state index contributed by atoms with van der Waals surface area (Å²) in [6, 6.07) is 14.8. The fourth-order valence-electron chi connectivity index (χ4n) is 2.45. The van der Waals surface area contributed by atoms with Gasteiger partial charge in [-0.25, -0.2) is 9.59 Å². The number of carboxylic acids is 1. The highest BCUT2D eigenvalue weighted by atomic mass is 16.4. The molecule has 1 N–H and O–H groups in total. The van der Waals surface area contributed by atoms with Gasteiger partial charge < -0.3 is 13.9 Å². The van der Waals surface area contributed by atoms with Crippen molar-refractivity contribution in [1.29, 1.82) is 0 Å². The highest BCUT2D eigenvalue weighted by Crippen LogP contribution is 2.24. The zero-order valence-corrected chi connectivity index (χ0v) is 12.7. The van der Waals surface area contributed by atoms with E-state index in [1.807, 2.05) is 6.07 Å². The number of fused-ring (bicyclic) bond motifs is 1. The predicted octanol–water partition coefficient (Wildman–Crippen LogP) is 3.21. The number of aromatic nitrogens is 2. The van der Waals surface area contributed by atoms with Gasteiger partial charge in [-0.3, -0.25) is 0 Å². The summed E-state index contributed by atoms with van der Waals surface area (Å²) in [4.78, 5) is 23.2. The minimum atomic E-state index is -1.06. The summed E-state index contributed by atoms with van der Waals surface area (Å²) in [5.74, 6) is -0.933. The number of nitrogens with zero attached hydrogens (tertiary/aromatic N) is 2. The number of hydrogen-bond acceptors (Lipinski definition) is 6. The summed E-state index contributed by atoms with van der Waals surface area (Å²) in [7, 11) is 0. The lowest BCUT2D eigenvalue weighted by Gasteiger charge is -1.98. The molecule has 0 radical (unpaired) electrons. The van der Waals surface area contributed by atoms with Crippen molar-refractivity contribution in [3.63, 3.8) is 0 Å². The van der Waals surface area contributed by atoms with Gasteiger partial charge in [0.05, 0.1) is 5.56 Å². The van der Waals surface area contributed by atoms with Crippen LogP contribution in [0.25, 0.3) is 33.9 Å². The van der Waals surface area contributed by atoms with E-state index in [1.165, 1.54) is 12.1 Å². The molecular weight excluding hydrogens is 324 g/mol. The molecule has 2 heterocycles. The first kappa shape index (κ1) is 14.8. The van der Waals surface area contributed by atoms with E-state index in [2.05, 4.69) is 10.2 Å². The Morgan fingerprint density at radius 3 is 2.56 bits per heavy atom. The second kappa shape index (κ2) is 5.72. The van der Waals surface area contributed by atoms with E-state index in [9.17, 15) is 9.59 Å². The van der Waals surface area contributed by atoms with Crippen LogP contribution in [0.15, 0.2) is 68.2 Å². The van der Waals surface area contributed by atoms with E-state index < -0.39 is 11.6 Å². The van der Waals surface area contributed by atoms with Crippen LogP contribution >= 0.6 is 0 Å². The van der Waals surface area contributed by atoms with Crippen LogP contribution in [0.5, 0.6) is 0 Å². The maximum atomic E-state index is 12.2. The van der Waals surface area contributed by atoms with Gasteiger partial charge >= 0.3 is 11.6 Å². The highest BCUT2D eigenvalue weighted by Gasteiger charge is 2.16. The molecule has 2 aromatic heterocycles. The topological polar surface area (TPSA) is 106 Å². The molecule has 2 aromatic carbocycles. The summed E-state index contributed by atoms with van der Waals surface area (Å²) >= 11 is 0. The standard InChI is InChI=1S/C18H10N2O5/c21-17(22)12-6-3-5-11(8-12)15-19-20-16(25-15)13-9-10-4-1-2-7-14(10)24-18(13)23/h1-9H,(H,21,22). The first-order valence-electron chi connectivity index (χ1n) is 7.32. The minimum absolute atomic E-state index is 0.00947. The normalized spacial score (nSPS) is 10.9. The predicted molar refractivity (Wildman–Crippen MR) is 88.2 cm³/mol. The van der Waals surface area contributed by atoms with Crippen molar-refractivity contribution in [3.8, 4) is 22.9 Å². The van der Waals surface area contributed by atoms with E-state index in [-0.39, 0.29) is 22.9 Å². The molecule has 0 fully saturated rings. The molecule has 0 spiro atoms. The van der Waals surface area contributed by atoms with Crippen molar-refractivity contribution in [2.24, 2.45) is 0 Å². The Bertz CT molecular complexity index is 1160. The number of hydrogen-bond donors (Lipinski definition) is 1. The van der Waals surface area contributed by atoms with E-state index in [4.69, 9.17) is 13.9 Å². The van der Waals surface area contributed by atoms with Gasteiger partial charge in [0.1, 0.15) is 11.1 Å². The van der Waals surface area contributed by atoms with Crippen LogP contribution in [-0.4, -0.2) is 21.3 Å². The van der Waals surface area contributed by atoms with Crippen molar-refractivity contribution in [1.82, 2.24) is 10.2 Å². The second-order valence-electron chi connectivity index (χ2n) is 5.28. The Morgan fingerprint density at radius 1 is 0.920 bits per heavy atom. The van der Waals surface area contributed by atoms with Crippen LogP contribution in [0.1, 0.15) is 10.4 Å². The van der Waals surface area contributed by atoms with Crippen LogP contribution in [0, 0.1) is 0 Å². The van der Waals surface area contributed by atoms with Crippen LogP contribution in [0.3, 0.4) is 0 Å². The zero-order chi connectivity index (χ0) is 17.4. The molecule has 122 valence electrons. The summed E-state index contributed by atoms with van der Waals surface area (Å²) in [5, 5.41) is 17.6. The third-order valence-electron chi connectivity index (χ3n) is 3.65. The van der Waals surface area contributed by atoms with Crippen molar-refractivity contribution < 1.29 is 18.7 Å². The molecule has 0 saturated heterocycles. The fourth-order valence-corrected chi connectivity index (χ4v) is 2.45. The molecule has 4 rings (SSSR count). The smallest absolute Gasteiger partial charge is 0.349 e. The van der Waals surface area contributed by atoms with Gasteiger partial charge in [0, 0.05) is 10.9 Å². The van der Waals surface area contributed by atoms with Gasteiger partial charge in [0.2, 0.25) is 5.89 Å². The number of carbonyl (C=O) groups is 1. The van der Waals surface area contributed by atoms with Crippen molar-refractivity contribution in [2.75, 3.05) is 0 Å². The lowest BCUT2D eigenvalue weighted by atomic mass is 10.1. The molecule has 0 atom stereocenters. The van der Waals surface area contributed by atoms with Gasteiger partial charge in [0.15, 0.2) is 0 Å². The number of benzene rings is 2. The highest BCUT2D eigenvalue weighted by molar-refractivity contribution is 5.89. The van der Waals surface area contributed by atoms with Crippen LogP contribution in [-0.2, 0) is 0 Å². The molecule has 4 aromatic rings. The van der Waals surface area contributed by atoms with E-state index >= 15 is 0 Å². The van der Waals surface area contributed by atoms with Gasteiger partial charge in [0.25, 0.3) is 5.89 Å². The Balaban J connectivity index is 1.79. The molecule has 0 saturated carbocycles. The molecule has 7 heteroatoms. The van der Waals surface area contributed by atoms with Crippen molar-refractivity contribution in [2.45, 2.75) is 0 Å². The first-order valence-corrected chi connectivity index (χ1v) is 7.32. The fraction of sp³-hybridized carbons (Fsp3) is 0. The van der Waals surface area contributed by atoms with E-state index in [0.29, 0.717) is 11.1 Å². The molecule has 7 nitrogen and oxygen atoms in total. The first-order chi connectivity index (χ1) is 12.1. The summed E-state index contributed by atoms with van der Waals surface area (Å²) in [6.45, 7) is 0. The number of rotatable bonds is 3. The number of para-hydroxylation sites is 1. The molecule has 0 amide bonds. The molecular formula is C18H10N2O5. The molecule has 0 aliphatic heterocycles. The van der Waals surface area contributed by atoms with Crippen LogP contribution < -0.4 is 5.63 Å². The SMILES string of the molecule is O=C(O)c1cccc(-c2nnc(-c3cc4ccccc4oc3=O)o2)c1. The maximum Gasteiger partial charge on any atom is 0.349 e. The Labute approximate surface area is 140 Å². The van der Waals surface area contributed by atoms with E-state index in [1.54, 1.807) is 36.4 Å². The zero-order valence-electron chi connectivity index (χ0n) is 12.7. The summed E-state index contributed by atoms with van der Waals surface area (Å²) < 4.78 is 10.8. The van der Waals surface area contributed by atoms with Gasteiger partial charge in [-0.2, -0.15) is 0 Å². The molecule has 0 aliphatic carbocycles. The minimum Gasteiger partial charge on any atom is -0.478 e. The molecule has 0 aliphatic rings. The van der Waals surface area contributed by atoms with Gasteiger partial charge in [-0.1, -0.05) is 24.3 Å². The third-order valence-corrected chi connectivity index (χ3v) is 3.65. The second-order valence-corrected chi connectivity index (χ2v) is 5.28. The molecule has 0 unspecified atom stereocenters. The third kappa shape index (κ3) is 2.67. The van der Waals surface area contributed by atoms with Gasteiger partial charge in [-0.05, 0) is 30.3 Å². The Kier molecular flexibility index (Phi) is 3.39. The summed E-state index contributed by atoms with van der Waals surface area (Å²) in [6.07, 6.45) is 0. The summed E-state index contributed by atoms with van der Waals surface area (Å²) in [5.41, 5.74) is 0.566. The van der Waals surface area contributed by atoms with Gasteiger partial charge in [-0.15, -0.1) is 10.2 Å². The number of carboxylic acid groups (broad SMARTS) is 1. The van der Waals surface area contributed by atoms with Crippen molar-refractivity contribution in [3.05, 3.63) is 70.6 Å². The Hall–Kier alpha value is -3.74. The van der Waals surface area contributed by atoms with Crippen molar-refractivity contribution >= 4 is 16.9 Å². The van der Waals surface area contributed by atoms with Crippen LogP contribution in [0.2, 0.25) is 0 Å². The molecule has 25 heavy (non-hydrogen) atoms. The average Bonchev–Trinajstić information content (AvgIpc) is 3.11. The average molecular weight is 334 g/mol. The Morgan fingerprint density at radius 2 is 1.72 bits per heavy atom.